The van der Waals surface area contributed by atoms with Crippen molar-refractivity contribution in [3.05, 3.63) is 0 Å². The van der Waals surface area contributed by atoms with Crippen molar-refractivity contribution in [2.45, 2.75) is 0 Å². The van der Waals surface area contributed by atoms with E-state index in [-0.39, 0.29) is 157 Å². The van der Waals surface area contributed by atoms with Gasteiger partial charge in [0.1, 0.15) is 0 Å². The molecule has 40 valence electrons. The van der Waals surface area contributed by atoms with E-state index in [0.29, 0.717) is 0 Å². The van der Waals surface area contributed by atoms with Crippen LogP contribution in [0.25, 0.3) is 0 Å². The van der Waals surface area contributed by atoms with Crippen LogP contribution in [0, 0.1) is 0 Å². The van der Waals surface area contributed by atoms with E-state index in [9.17, 15) is 0 Å². The van der Waals surface area contributed by atoms with Crippen molar-refractivity contribution >= 4 is 7.82 Å². The maximum absolute atomic E-state index is 8.55. The minimum Gasteiger partial charge on any atom is -1.00 e. The van der Waals surface area contributed by atoms with Crippen LogP contribution in [0.4, 0.5) is 0 Å². The van der Waals surface area contributed by atoms with Crippen LogP contribution in [0.5, 0.6) is 0 Å². The molecule has 0 heterocycles. The molecule has 0 aliphatic rings. The molecule has 0 aromatic rings. The number of halogens is 1. The SMILES string of the molecule is O=P([O-])([O-])[O-].[Br-].[K+].[Na+].[Na+].[Na+]. The summed E-state index contributed by atoms with van der Waals surface area (Å²) in [5.41, 5.74) is 0. The van der Waals surface area contributed by atoms with Gasteiger partial charge in [0.25, 0.3) is 0 Å². The van der Waals surface area contributed by atoms with E-state index in [0.717, 1.165) is 0 Å². The zero-order chi connectivity index (χ0) is 4.50. The monoisotopic (exact) mass is 282 g/mol. The molecule has 0 saturated heterocycles. The van der Waals surface area contributed by atoms with Gasteiger partial charge < -0.3 is 36.2 Å². The van der Waals surface area contributed by atoms with Gasteiger partial charge in [-0.15, -0.1) is 0 Å². The first-order valence-corrected chi connectivity index (χ1v) is 2.19. The zero-order valence-electron chi connectivity index (χ0n) is 6.46. The molecule has 0 aliphatic heterocycles. The molecular weight excluding hydrogens is 283 g/mol. The minimum atomic E-state index is -5.39. The molecule has 10 heteroatoms. The van der Waals surface area contributed by atoms with E-state index in [1.807, 2.05) is 0 Å². The average Bonchev–Trinajstić information content (AvgIpc) is 0.722. The first-order chi connectivity index (χ1) is 2.00. The second kappa shape index (κ2) is 19.7. The summed E-state index contributed by atoms with van der Waals surface area (Å²) in [5.74, 6) is 0. The van der Waals surface area contributed by atoms with Gasteiger partial charge in [0.15, 0.2) is 0 Å². The quantitative estimate of drug-likeness (QED) is 0.326. The summed E-state index contributed by atoms with van der Waals surface area (Å²) < 4.78 is 8.55. The molecule has 0 unspecified atom stereocenters. The fourth-order valence-electron chi connectivity index (χ4n) is 0. The molecule has 0 bridgehead atoms. The van der Waals surface area contributed by atoms with Crippen molar-refractivity contribution < 1.29 is 176 Å². The molecule has 10 heavy (non-hydrogen) atoms. The summed E-state index contributed by atoms with van der Waals surface area (Å²) in [6.45, 7) is 0. The summed E-state index contributed by atoms with van der Waals surface area (Å²) in [4.78, 5) is 25.6. The molecule has 0 aliphatic carbocycles. The fraction of sp³-hybridized carbons (Fsp3) is 0. The Morgan fingerprint density at radius 1 is 0.900 bits per heavy atom. The second-order valence-electron chi connectivity index (χ2n) is 0.447. The van der Waals surface area contributed by atoms with Gasteiger partial charge in [-0.2, -0.15) is 7.82 Å². The molecule has 0 N–H and O–H groups in total. The number of phosphoric acid groups is 1. The van der Waals surface area contributed by atoms with E-state index in [4.69, 9.17) is 19.2 Å². The van der Waals surface area contributed by atoms with Crippen LogP contribution in [-0.2, 0) is 4.57 Å². The van der Waals surface area contributed by atoms with Gasteiger partial charge in [-0.05, 0) is 0 Å². The van der Waals surface area contributed by atoms with Gasteiger partial charge in [0.2, 0.25) is 0 Å². The third kappa shape index (κ3) is 72.4. The summed E-state index contributed by atoms with van der Waals surface area (Å²) in [6, 6.07) is 0. The molecular formula is BrKNa3O4P. The molecule has 0 radical (unpaired) electrons. The van der Waals surface area contributed by atoms with Crippen molar-refractivity contribution in [2.24, 2.45) is 0 Å². The Morgan fingerprint density at radius 2 is 0.900 bits per heavy atom. The first-order valence-electron chi connectivity index (χ1n) is 0.730. The number of hydrogen-bond donors (Lipinski definition) is 0. The summed E-state index contributed by atoms with van der Waals surface area (Å²) >= 11 is 0. The number of hydrogen-bond acceptors (Lipinski definition) is 4. The fourth-order valence-corrected chi connectivity index (χ4v) is 0. The van der Waals surface area contributed by atoms with E-state index in [2.05, 4.69) is 0 Å². The summed E-state index contributed by atoms with van der Waals surface area (Å²) in [5, 5.41) is 0. The van der Waals surface area contributed by atoms with Crippen molar-refractivity contribution in [1.82, 2.24) is 0 Å². The van der Waals surface area contributed by atoms with E-state index in [1.165, 1.54) is 0 Å². The Kier molecular flexibility index (Phi) is 71.5. The van der Waals surface area contributed by atoms with E-state index >= 15 is 0 Å². The molecule has 0 spiro atoms. The summed E-state index contributed by atoms with van der Waals surface area (Å²) in [7, 11) is -5.39. The Bertz CT molecular complexity index is 66.6. The molecule has 0 fully saturated rings. The third-order valence-electron chi connectivity index (χ3n) is 0. The predicted octanol–water partition coefficient (Wildman–Crippen LogP) is -17.8. The standard InChI is InChI=1S/BrH.K.3Na.H3O4P/c;;;;;1-5(2,3)4/h1H;;;;;(H3,1,2,3,4)/q;4*+1;/p-4. The van der Waals surface area contributed by atoms with Crippen LogP contribution >= 0.6 is 7.82 Å². The largest absolute Gasteiger partial charge is 1.00 e. The van der Waals surface area contributed by atoms with Crippen molar-refractivity contribution in [3.8, 4) is 0 Å². The van der Waals surface area contributed by atoms with Gasteiger partial charge in [0, 0.05) is 0 Å². The molecule has 0 aromatic heterocycles. The molecule has 0 amide bonds. The van der Waals surface area contributed by atoms with Crippen molar-refractivity contribution in [2.75, 3.05) is 0 Å². The van der Waals surface area contributed by atoms with Crippen LogP contribution in [0.2, 0.25) is 0 Å². The second-order valence-corrected chi connectivity index (χ2v) is 1.34. The van der Waals surface area contributed by atoms with E-state index < -0.39 is 7.82 Å². The molecule has 0 aromatic carbocycles. The molecule has 0 saturated carbocycles. The van der Waals surface area contributed by atoms with Crippen LogP contribution in [0.1, 0.15) is 0 Å². The Morgan fingerprint density at radius 3 is 0.900 bits per heavy atom. The van der Waals surface area contributed by atoms with Gasteiger partial charge >= 0.3 is 140 Å². The van der Waals surface area contributed by atoms with Gasteiger partial charge in [-0.1, -0.05) is 0 Å². The molecule has 0 atom stereocenters. The Balaban J connectivity index is -0.00000000800. The zero-order valence-corrected chi connectivity index (χ0v) is 18.1. The van der Waals surface area contributed by atoms with Crippen LogP contribution in [0.3, 0.4) is 0 Å². The third-order valence-corrected chi connectivity index (χ3v) is 0. The minimum absolute atomic E-state index is 0. The smallest absolute Gasteiger partial charge is 1.00 e. The van der Waals surface area contributed by atoms with Crippen molar-refractivity contribution in [3.63, 3.8) is 0 Å². The van der Waals surface area contributed by atoms with Gasteiger partial charge in [-0.25, -0.2) is 0 Å². The maximum atomic E-state index is 8.55. The van der Waals surface area contributed by atoms with Crippen LogP contribution in [0.15, 0.2) is 0 Å². The normalized spacial score (nSPS) is 5.90. The number of rotatable bonds is 0. The van der Waals surface area contributed by atoms with Crippen LogP contribution in [-0.4, -0.2) is 0 Å². The van der Waals surface area contributed by atoms with E-state index in [1.54, 1.807) is 0 Å². The van der Waals surface area contributed by atoms with Gasteiger partial charge in [-0.3, -0.25) is 0 Å². The first kappa shape index (κ1) is 36.2. The Labute approximate surface area is 179 Å². The van der Waals surface area contributed by atoms with Crippen molar-refractivity contribution in [1.29, 1.82) is 0 Å². The average molecular weight is 283 g/mol. The maximum Gasteiger partial charge on any atom is 1.00 e. The molecule has 0 rings (SSSR count). The van der Waals surface area contributed by atoms with Gasteiger partial charge in [0.05, 0.1) is 0 Å². The van der Waals surface area contributed by atoms with Crippen LogP contribution < -0.4 is 172 Å². The predicted molar refractivity (Wildman–Crippen MR) is 7.61 cm³/mol. The Hall–Kier alpha value is 5.23. The summed E-state index contributed by atoms with van der Waals surface area (Å²) in [6.07, 6.45) is 0. The topological polar surface area (TPSA) is 86.2 Å². The molecule has 4 nitrogen and oxygen atoms in total.